The van der Waals surface area contributed by atoms with Gasteiger partial charge in [-0.1, -0.05) is 109 Å². The van der Waals surface area contributed by atoms with E-state index < -0.39 is 0 Å². The van der Waals surface area contributed by atoms with Crippen molar-refractivity contribution >= 4 is 94.9 Å². The van der Waals surface area contributed by atoms with E-state index in [1.165, 1.54) is 5.39 Å². The monoisotopic (exact) mass is 834 g/mol. The summed E-state index contributed by atoms with van der Waals surface area (Å²) in [6, 6.07) is 90.4. The topological polar surface area (TPSA) is 27.8 Å². The van der Waals surface area contributed by atoms with Gasteiger partial charge in [0, 0.05) is 78.4 Å². The molecular formula is C60H42N4O. The van der Waals surface area contributed by atoms with Crippen molar-refractivity contribution in [3.63, 3.8) is 0 Å². The zero-order chi connectivity index (χ0) is 43.1. The number of fused-ring (bicyclic) bond motifs is 6. The molecule has 0 atom stereocenters. The molecule has 5 nitrogen and oxygen atoms in total. The third kappa shape index (κ3) is 6.83. The number of aromatic nitrogens is 1. The van der Waals surface area contributed by atoms with Gasteiger partial charge >= 0.3 is 0 Å². The molecule has 0 amide bonds. The highest BCUT2D eigenvalue weighted by Crippen LogP contribution is 2.45. The highest BCUT2D eigenvalue weighted by Gasteiger charge is 2.22. The molecular weight excluding hydrogens is 793 g/mol. The maximum atomic E-state index is 6.55. The van der Waals surface area contributed by atoms with E-state index in [2.05, 4.69) is 274 Å². The summed E-state index contributed by atoms with van der Waals surface area (Å²) >= 11 is 0. The van der Waals surface area contributed by atoms with Crippen LogP contribution in [0.2, 0.25) is 0 Å². The molecule has 2 heterocycles. The Bertz CT molecular complexity index is 3510. The summed E-state index contributed by atoms with van der Waals surface area (Å²) < 4.78 is 8.93. The fourth-order valence-corrected chi connectivity index (χ4v) is 9.39. The van der Waals surface area contributed by atoms with Crippen LogP contribution in [0.3, 0.4) is 0 Å². The lowest BCUT2D eigenvalue weighted by molar-refractivity contribution is 0.669. The first-order valence-electron chi connectivity index (χ1n) is 22.0. The standard InChI is InChI=1S/C60H42N4O/c1-7-19-43(20-8-1)61(44-21-9-2-10-22-44)49-31-35-57-53(39-49)54-40-50(32-36-58(54)64(57)48-29-17-6-18-30-48)63(47-27-15-5-16-28-47)52-34-38-60-56(42-52)55-41-51(33-37-59(55)65-60)62(45-23-11-3-12-24-45)46-25-13-4-14-26-46/h1-42H. The van der Waals surface area contributed by atoms with E-state index in [0.717, 1.165) is 95.2 Å². The molecule has 0 spiro atoms. The van der Waals surface area contributed by atoms with Gasteiger partial charge in [-0.3, -0.25) is 0 Å². The van der Waals surface area contributed by atoms with E-state index in [9.17, 15) is 0 Å². The lowest BCUT2D eigenvalue weighted by Crippen LogP contribution is -2.10. The molecule has 0 N–H and O–H groups in total. The number of furan rings is 1. The second-order valence-electron chi connectivity index (χ2n) is 16.2. The van der Waals surface area contributed by atoms with E-state index in [-0.39, 0.29) is 0 Å². The van der Waals surface area contributed by atoms with Gasteiger partial charge in [0.2, 0.25) is 0 Å². The molecule has 0 fully saturated rings. The van der Waals surface area contributed by atoms with Gasteiger partial charge in [-0.05, 0) is 146 Å². The van der Waals surface area contributed by atoms with Crippen molar-refractivity contribution < 1.29 is 4.42 Å². The Morgan fingerprint density at radius 3 is 0.862 bits per heavy atom. The normalized spacial score (nSPS) is 11.4. The summed E-state index contributed by atoms with van der Waals surface area (Å²) in [5, 5.41) is 4.43. The van der Waals surface area contributed by atoms with E-state index in [0.29, 0.717) is 0 Å². The van der Waals surface area contributed by atoms with Crippen molar-refractivity contribution in [2.24, 2.45) is 0 Å². The summed E-state index contributed by atoms with van der Waals surface area (Å²) in [7, 11) is 0. The summed E-state index contributed by atoms with van der Waals surface area (Å²) in [6.45, 7) is 0. The van der Waals surface area contributed by atoms with E-state index in [1.54, 1.807) is 0 Å². The van der Waals surface area contributed by atoms with E-state index in [4.69, 9.17) is 4.42 Å². The fourth-order valence-electron chi connectivity index (χ4n) is 9.39. The van der Waals surface area contributed by atoms with Gasteiger partial charge in [-0.2, -0.15) is 0 Å². The van der Waals surface area contributed by atoms with Gasteiger partial charge in [-0.15, -0.1) is 0 Å². The summed E-state index contributed by atoms with van der Waals surface area (Å²) in [6.07, 6.45) is 0. The predicted octanol–water partition coefficient (Wildman–Crippen LogP) is 17.1. The molecule has 2 aromatic heterocycles. The Hall–Kier alpha value is -8.80. The number of nitrogens with zero attached hydrogens (tertiary/aromatic N) is 4. The van der Waals surface area contributed by atoms with E-state index in [1.807, 2.05) is 0 Å². The minimum Gasteiger partial charge on any atom is -0.456 e. The van der Waals surface area contributed by atoms with Crippen LogP contribution in [0, 0.1) is 0 Å². The molecule has 12 rings (SSSR count). The molecule has 0 radical (unpaired) electrons. The average Bonchev–Trinajstić information content (AvgIpc) is 3.91. The van der Waals surface area contributed by atoms with Crippen molar-refractivity contribution in [2.45, 2.75) is 0 Å². The quantitative estimate of drug-likeness (QED) is 0.137. The summed E-state index contributed by atoms with van der Waals surface area (Å²) in [5.41, 5.74) is 14.7. The van der Waals surface area contributed by atoms with Crippen molar-refractivity contribution in [3.05, 3.63) is 255 Å². The van der Waals surface area contributed by atoms with Gasteiger partial charge in [0.1, 0.15) is 11.2 Å². The summed E-state index contributed by atoms with van der Waals surface area (Å²) in [4.78, 5) is 6.99. The lowest BCUT2D eigenvalue weighted by atomic mass is 10.1. The lowest BCUT2D eigenvalue weighted by Gasteiger charge is -2.26. The zero-order valence-electron chi connectivity index (χ0n) is 35.4. The maximum absolute atomic E-state index is 6.55. The smallest absolute Gasteiger partial charge is 0.135 e. The minimum atomic E-state index is 0.843. The summed E-state index contributed by atoms with van der Waals surface area (Å²) in [5.74, 6) is 0. The molecule has 12 aromatic rings. The largest absolute Gasteiger partial charge is 0.456 e. The predicted molar refractivity (Wildman–Crippen MR) is 272 cm³/mol. The molecule has 0 aliphatic carbocycles. The molecule has 0 bridgehead atoms. The second kappa shape index (κ2) is 16.2. The molecule has 5 heteroatoms. The highest BCUT2D eigenvalue weighted by atomic mass is 16.3. The first-order valence-corrected chi connectivity index (χ1v) is 22.0. The van der Waals surface area contributed by atoms with Gasteiger partial charge in [0.25, 0.3) is 0 Å². The third-order valence-electron chi connectivity index (χ3n) is 12.3. The van der Waals surface area contributed by atoms with Crippen LogP contribution < -0.4 is 14.7 Å². The van der Waals surface area contributed by atoms with Crippen molar-refractivity contribution in [1.29, 1.82) is 0 Å². The maximum Gasteiger partial charge on any atom is 0.135 e. The first kappa shape index (κ1) is 37.9. The average molecular weight is 835 g/mol. The van der Waals surface area contributed by atoms with Crippen LogP contribution in [0.25, 0.3) is 49.4 Å². The first-order chi connectivity index (χ1) is 32.2. The SMILES string of the molecule is c1ccc(N(c2ccccc2)c2ccc3oc4ccc(N(c5ccccc5)c5ccc6c(c5)c5cc(N(c7ccccc7)c7ccccc7)ccc5n6-c5ccccc5)cc4c3c2)cc1. The zero-order valence-corrected chi connectivity index (χ0v) is 35.4. The third-order valence-corrected chi connectivity index (χ3v) is 12.3. The van der Waals surface area contributed by atoms with E-state index >= 15 is 0 Å². The van der Waals surface area contributed by atoms with Crippen molar-refractivity contribution in [1.82, 2.24) is 4.57 Å². The number of benzene rings is 10. The van der Waals surface area contributed by atoms with Crippen molar-refractivity contribution in [3.8, 4) is 5.69 Å². The number of rotatable bonds is 10. The van der Waals surface area contributed by atoms with Gasteiger partial charge in [0.15, 0.2) is 0 Å². The van der Waals surface area contributed by atoms with Crippen LogP contribution in [0.15, 0.2) is 259 Å². The van der Waals surface area contributed by atoms with Crippen LogP contribution in [0.4, 0.5) is 51.2 Å². The number of hydrogen-bond acceptors (Lipinski definition) is 4. The Labute approximate surface area is 377 Å². The van der Waals surface area contributed by atoms with Crippen molar-refractivity contribution in [2.75, 3.05) is 14.7 Å². The minimum absolute atomic E-state index is 0.843. The number of hydrogen-bond donors (Lipinski definition) is 0. The Kier molecular flexibility index (Phi) is 9.42. The van der Waals surface area contributed by atoms with Crippen LogP contribution in [0.1, 0.15) is 0 Å². The molecule has 0 unspecified atom stereocenters. The molecule has 65 heavy (non-hydrogen) atoms. The van der Waals surface area contributed by atoms with Gasteiger partial charge < -0.3 is 23.7 Å². The Morgan fingerprint density at radius 1 is 0.246 bits per heavy atom. The van der Waals surface area contributed by atoms with Crippen LogP contribution >= 0.6 is 0 Å². The van der Waals surface area contributed by atoms with Gasteiger partial charge in [-0.25, -0.2) is 0 Å². The number of para-hydroxylation sites is 6. The molecule has 10 aromatic carbocycles. The molecule has 0 saturated carbocycles. The second-order valence-corrected chi connectivity index (χ2v) is 16.2. The molecule has 0 saturated heterocycles. The fraction of sp³-hybridized carbons (Fsp3) is 0. The molecule has 0 aliphatic rings. The Morgan fingerprint density at radius 2 is 0.523 bits per heavy atom. The molecule has 308 valence electrons. The Balaban J connectivity index is 1.04. The highest BCUT2D eigenvalue weighted by molar-refractivity contribution is 6.13. The number of anilines is 9. The van der Waals surface area contributed by atoms with Crippen LogP contribution in [-0.2, 0) is 0 Å². The van der Waals surface area contributed by atoms with Crippen LogP contribution in [-0.4, -0.2) is 4.57 Å². The molecule has 0 aliphatic heterocycles. The van der Waals surface area contributed by atoms with Crippen LogP contribution in [0.5, 0.6) is 0 Å². The van der Waals surface area contributed by atoms with Gasteiger partial charge in [0.05, 0.1) is 11.0 Å².